The second kappa shape index (κ2) is 9.66. The Morgan fingerprint density at radius 1 is 1.24 bits per heavy atom. The Labute approximate surface area is 175 Å². The van der Waals surface area contributed by atoms with E-state index >= 15 is 0 Å². The standard InChI is InChI=1S/C19H20N4O4S2/c1-3-5-12-9-15(24)22-18(20-12)28-10-16(25)23-19-21-13-7-6-11(8-14(13)29-19)17(26)27-4-2/h6-9H,3-5,10H2,1-2H3,(H,20,22,24)(H,21,23,25). The maximum Gasteiger partial charge on any atom is 0.338 e. The van der Waals surface area contributed by atoms with Gasteiger partial charge in [0, 0.05) is 11.8 Å². The highest BCUT2D eigenvalue weighted by molar-refractivity contribution is 7.99. The summed E-state index contributed by atoms with van der Waals surface area (Å²) in [6.45, 7) is 4.07. The zero-order valence-corrected chi connectivity index (χ0v) is 17.6. The number of aryl methyl sites for hydroxylation is 1. The monoisotopic (exact) mass is 432 g/mol. The first kappa shape index (κ1) is 21.0. The third-order valence-electron chi connectivity index (χ3n) is 3.77. The van der Waals surface area contributed by atoms with Crippen molar-refractivity contribution in [1.29, 1.82) is 0 Å². The van der Waals surface area contributed by atoms with E-state index in [9.17, 15) is 14.4 Å². The molecule has 2 N–H and O–H groups in total. The summed E-state index contributed by atoms with van der Waals surface area (Å²) in [6, 6.07) is 6.53. The van der Waals surface area contributed by atoms with Crippen LogP contribution in [-0.4, -0.2) is 39.2 Å². The number of thioether (sulfide) groups is 1. The fourth-order valence-electron chi connectivity index (χ4n) is 2.54. The molecular formula is C19H20N4O4S2. The van der Waals surface area contributed by atoms with Crippen LogP contribution >= 0.6 is 23.1 Å². The molecule has 0 aliphatic rings. The number of carbonyl (C=O) groups excluding carboxylic acids is 2. The molecule has 0 saturated heterocycles. The number of fused-ring (bicyclic) bond motifs is 1. The minimum absolute atomic E-state index is 0.0858. The second-order valence-corrected chi connectivity index (χ2v) is 8.05. The number of benzene rings is 1. The predicted octanol–water partition coefficient (Wildman–Crippen LogP) is 3.24. The average Bonchev–Trinajstić information content (AvgIpc) is 3.07. The minimum atomic E-state index is -0.392. The number of aromatic nitrogens is 3. The topological polar surface area (TPSA) is 114 Å². The molecule has 2 aromatic heterocycles. The van der Waals surface area contributed by atoms with E-state index < -0.39 is 5.97 Å². The third-order valence-corrected chi connectivity index (χ3v) is 5.57. The summed E-state index contributed by atoms with van der Waals surface area (Å²) in [4.78, 5) is 47.1. The lowest BCUT2D eigenvalue weighted by Crippen LogP contribution is -2.15. The van der Waals surface area contributed by atoms with Crippen LogP contribution in [0.2, 0.25) is 0 Å². The molecule has 3 aromatic rings. The van der Waals surface area contributed by atoms with Crippen molar-refractivity contribution in [2.24, 2.45) is 0 Å². The number of aromatic amines is 1. The van der Waals surface area contributed by atoms with Crippen LogP contribution in [-0.2, 0) is 16.0 Å². The Balaban J connectivity index is 1.64. The number of ether oxygens (including phenoxy) is 1. The van der Waals surface area contributed by atoms with Gasteiger partial charge >= 0.3 is 5.97 Å². The summed E-state index contributed by atoms with van der Waals surface area (Å²) in [5.41, 5.74) is 1.61. The van der Waals surface area contributed by atoms with Gasteiger partial charge in [0.05, 0.1) is 28.1 Å². The Kier molecular flexibility index (Phi) is 6.99. The normalized spacial score (nSPS) is 10.8. The molecule has 0 atom stereocenters. The molecule has 152 valence electrons. The van der Waals surface area contributed by atoms with Crippen LogP contribution in [0.3, 0.4) is 0 Å². The van der Waals surface area contributed by atoms with Crippen molar-refractivity contribution in [2.45, 2.75) is 31.8 Å². The zero-order valence-electron chi connectivity index (χ0n) is 16.0. The molecule has 29 heavy (non-hydrogen) atoms. The number of H-pyrrole nitrogens is 1. The molecule has 0 aliphatic heterocycles. The number of thiazole rings is 1. The summed E-state index contributed by atoms with van der Waals surface area (Å²) in [5, 5.41) is 3.60. The molecule has 0 bridgehead atoms. The van der Waals surface area contributed by atoms with Crippen LogP contribution in [0.1, 0.15) is 36.3 Å². The largest absolute Gasteiger partial charge is 0.462 e. The molecule has 8 nitrogen and oxygen atoms in total. The lowest BCUT2D eigenvalue weighted by Gasteiger charge is -2.03. The number of amides is 1. The minimum Gasteiger partial charge on any atom is -0.462 e. The van der Waals surface area contributed by atoms with E-state index in [4.69, 9.17) is 4.74 Å². The van der Waals surface area contributed by atoms with Gasteiger partial charge in [-0.15, -0.1) is 0 Å². The highest BCUT2D eigenvalue weighted by atomic mass is 32.2. The summed E-state index contributed by atoms with van der Waals surface area (Å²) < 4.78 is 5.77. The van der Waals surface area contributed by atoms with Crippen molar-refractivity contribution < 1.29 is 14.3 Å². The molecule has 3 rings (SSSR count). The highest BCUT2D eigenvalue weighted by Crippen LogP contribution is 2.27. The van der Waals surface area contributed by atoms with Crippen molar-refractivity contribution >= 4 is 50.3 Å². The molecular weight excluding hydrogens is 412 g/mol. The van der Waals surface area contributed by atoms with E-state index in [2.05, 4.69) is 20.3 Å². The molecule has 0 fully saturated rings. The first-order valence-corrected chi connectivity index (χ1v) is 10.9. The van der Waals surface area contributed by atoms with E-state index in [0.717, 1.165) is 22.9 Å². The molecule has 10 heteroatoms. The van der Waals surface area contributed by atoms with Crippen LogP contribution in [0.5, 0.6) is 0 Å². The first-order valence-electron chi connectivity index (χ1n) is 9.09. The van der Waals surface area contributed by atoms with Crippen LogP contribution in [0.25, 0.3) is 10.2 Å². The SMILES string of the molecule is CCCc1cc(=O)[nH]c(SCC(=O)Nc2nc3ccc(C(=O)OCC)cc3s2)n1. The predicted molar refractivity (Wildman–Crippen MR) is 114 cm³/mol. The lowest BCUT2D eigenvalue weighted by atomic mass is 10.2. The number of anilines is 1. The van der Waals surface area contributed by atoms with Gasteiger partial charge in [0.15, 0.2) is 10.3 Å². The highest BCUT2D eigenvalue weighted by Gasteiger charge is 2.12. The molecule has 0 saturated carbocycles. The van der Waals surface area contributed by atoms with E-state index in [1.54, 1.807) is 25.1 Å². The van der Waals surface area contributed by atoms with Crippen molar-refractivity contribution in [3.05, 3.63) is 45.9 Å². The molecule has 0 spiro atoms. The Morgan fingerprint density at radius 2 is 2.07 bits per heavy atom. The number of hydrogen-bond donors (Lipinski definition) is 2. The second-order valence-electron chi connectivity index (χ2n) is 6.05. The van der Waals surface area contributed by atoms with Gasteiger partial charge in [0.1, 0.15) is 0 Å². The Bertz CT molecular complexity index is 1090. The van der Waals surface area contributed by atoms with Gasteiger partial charge in [-0.05, 0) is 31.5 Å². The van der Waals surface area contributed by atoms with Gasteiger partial charge < -0.3 is 15.0 Å². The number of hydrogen-bond acceptors (Lipinski definition) is 8. The van der Waals surface area contributed by atoms with E-state index in [0.29, 0.717) is 40.1 Å². The van der Waals surface area contributed by atoms with Crippen LogP contribution in [0.15, 0.2) is 34.2 Å². The molecule has 1 aromatic carbocycles. The van der Waals surface area contributed by atoms with Crippen molar-refractivity contribution in [3.63, 3.8) is 0 Å². The summed E-state index contributed by atoms with van der Waals surface area (Å²) in [6.07, 6.45) is 1.60. The summed E-state index contributed by atoms with van der Waals surface area (Å²) in [5.74, 6) is -0.567. The maximum absolute atomic E-state index is 12.3. The first-order chi connectivity index (χ1) is 14.0. The fourth-order valence-corrected chi connectivity index (χ4v) is 4.16. The summed E-state index contributed by atoms with van der Waals surface area (Å²) in [7, 11) is 0. The molecule has 0 unspecified atom stereocenters. The van der Waals surface area contributed by atoms with Gasteiger partial charge in [-0.25, -0.2) is 14.8 Å². The Morgan fingerprint density at radius 3 is 2.83 bits per heavy atom. The molecule has 2 heterocycles. The third kappa shape index (κ3) is 5.64. The van der Waals surface area contributed by atoms with Gasteiger partial charge in [0.2, 0.25) is 5.91 Å². The van der Waals surface area contributed by atoms with Gasteiger partial charge in [-0.3, -0.25) is 9.59 Å². The number of rotatable bonds is 8. The van der Waals surface area contributed by atoms with Gasteiger partial charge in [0.25, 0.3) is 5.56 Å². The van der Waals surface area contributed by atoms with Crippen molar-refractivity contribution in [2.75, 3.05) is 17.7 Å². The smallest absolute Gasteiger partial charge is 0.338 e. The van der Waals surface area contributed by atoms with E-state index in [1.165, 1.54) is 17.4 Å². The fraction of sp³-hybridized carbons (Fsp3) is 0.316. The number of nitrogens with one attached hydrogen (secondary N) is 2. The van der Waals surface area contributed by atoms with Gasteiger partial charge in [-0.1, -0.05) is 36.4 Å². The van der Waals surface area contributed by atoms with E-state index in [-0.39, 0.29) is 17.2 Å². The maximum atomic E-state index is 12.3. The lowest BCUT2D eigenvalue weighted by molar-refractivity contribution is -0.113. The van der Waals surface area contributed by atoms with Crippen LogP contribution in [0, 0.1) is 0 Å². The Hall–Kier alpha value is -2.72. The van der Waals surface area contributed by atoms with Crippen molar-refractivity contribution in [3.8, 4) is 0 Å². The van der Waals surface area contributed by atoms with Crippen LogP contribution in [0.4, 0.5) is 5.13 Å². The van der Waals surface area contributed by atoms with Crippen molar-refractivity contribution in [1.82, 2.24) is 15.0 Å². The number of esters is 1. The quantitative estimate of drug-likeness (QED) is 0.319. The van der Waals surface area contributed by atoms with Gasteiger partial charge in [-0.2, -0.15) is 0 Å². The molecule has 0 aliphatic carbocycles. The summed E-state index contributed by atoms with van der Waals surface area (Å²) >= 11 is 2.43. The zero-order chi connectivity index (χ0) is 20.8. The number of nitrogens with zero attached hydrogens (tertiary/aromatic N) is 2. The van der Waals surface area contributed by atoms with E-state index in [1.807, 2.05) is 6.92 Å². The molecule has 0 radical (unpaired) electrons. The average molecular weight is 433 g/mol. The van der Waals surface area contributed by atoms with Crippen LogP contribution < -0.4 is 10.9 Å². The molecule has 1 amide bonds. The number of carbonyl (C=O) groups is 2.